The Morgan fingerprint density at radius 2 is 2.08 bits per heavy atom. The van der Waals surface area contributed by atoms with Gasteiger partial charge < -0.3 is 11.1 Å². The fourth-order valence-electron chi connectivity index (χ4n) is 2.92. The number of carbonyl (C=O) groups is 1. The van der Waals surface area contributed by atoms with Crippen LogP contribution in [0.25, 0.3) is 0 Å². The van der Waals surface area contributed by atoms with Gasteiger partial charge in [-0.2, -0.15) is 0 Å². The molecule has 1 amide bonds. The lowest BCUT2D eigenvalue weighted by atomic mass is 9.90. The van der Waals surface area contributed by atoms with Gasteiger partial charge in [-0.15, -0.1) is 12.4 Å². The molecule has 3 N–H and O–H groups in total. The van der Waals surface area contributed by atoms with Crippen molar-refractivity contribution in [2.45, 2.75) is 31.2 Å². The van der Waals surface area contributed by atoms with Crippen molar-refractivity contribution in [1.82, 2.24) is 9.21 Å². The quantitative estimate of drug-likeness (QED) is 0.746. The first-order chi connectivity index (χ1) is 11.6. The number of sulfonamides is 1. The largest absolute Gasteiger partial charge is 0.330 e. The van der Waals surface area contributed by atoms with E-state index in [-0.39, 0.29) is 34.7 Å². The summed E-state index contributed by atoms with van der Waals surface area (Å²) >= 11 is 0. The number of amides is 1. The highest BCUT2D eigenvalue weighted by Crippen LogP contribution is 2.30. The van der Waals surface area contributed by atoms with Crippen molar-refractivity contribution in [3.63, 3.8) is 0 Å². The lowest BCUT2D eigenvalue weighted by Gasteiger charge is -2.26. The third kappa shape index (κ3) is 4.95. The number of hydrogen-bond donors (Lipinski definition) is 2. The number of anilines is 1. The number of nitrogens with zero attached hydrogens (tertiary/aromatic N) is 2. The number of nitrogens with one attached hydrogen (secondary N) is 1. The second kappa shape index (κ2) is 8.67. The Labute approximate surface area is 162 Å². The lowest BCUT2D eigenvalue weighted by Crippen LogP contribution is -2.42. The minimum Gasteiger partial charge on any atom is -0.330 e. The molecule has 148 valence electrons. The van der Waals surface area contributed by atoms with Gasteiger partial charge in [0, 0.05) is 26.3 Å². The summed E-state index contributed by atoms with van der Waals surface area (Å²) in [5, 5.41) is 2.82. The molecule has 0 spiro atoms. The van der Waals surface area contributed by atoms with Crippen molar-refractivity contribution in [1.29, 1.82) is 0 Å². The molecule has 2 rings (SSSR count). The molecule has 0 radical (unpaired) electrons. The average molecular weight is 405 g/mol. The van der Waals surface area contributed by atoms with Crippen LogP contribution < -0.4 is 11.1 Å². The van der Waals surface area contributed by atoms with E-state index in [0.717, 1.165) is 23.8 Å². The molecule has 0 bridgehead atoms. The molecule has 9 heteroatoms. The first-order valence-corrected chi connectivity index (χ1v) is 9.81. The maximum Gasteiger partial charge on any atom is 0.242 e. The third-order valence-corrected chi connectivity index (χ3v) is 6.70. The molecule has 1 aliphatic heterocycles. The average Bonchev–Trinajstić information content (AvgIpc) is 2.97. The van der Waals surface area contributed by atoms with Crippen LogP contribution in [0.4, 0.5) is 5.69 Å². The normalized spacial score (nSPS) is 22.1. The summed E-state index contributed by atoms with van der Waals surface area (Å²) < 4.78 is 25.6. The minimum absolute atomic E-state index is 0. The maximum absolute atomic E-state index is 12.5. The van der Waals surface area contributed by atoms with E-state index < -0.39 is 10.0 Å². The highest BCUT2D eigenvalue weighted by molar-refractivity contribution is 7.89. The zero-order chi connectivity index (χ0) is 18.8. The van der Waals surface area contributed by atoms with Gasteiger partial charge in [0.05, 0.1) is 10.9 Å². The van der Waals surface area contributed by atoms with E-state index in [0.29, 0.717) is 12.2 Å². The first kappa shape index (κ1) is 22.9. The van der Waals surface area contributed by atoms with Crippen LogP contribution in [0.3, 0.4) is 0 Å². The van der Waals surface area contributed by atoms with E-state index in [1.54, 1.807) is 12.1 Å². The van der Waals surface area contributed by atoms with E-state index in [9.17, 15) is 13.2 Å². The van der Waals surface area contributed by atoms with Gasteiger partial charge in [0.2, 0.25) is 15.9 Å². The van der Waals surface area contributed by atoms with Gasteiger partial charge in [0.15, 0.2) is 0 Å². The predicted molar refractivity (Wildman–Crippen MR) is 106 cm³/mol. The van der Waals surface area contributed by atoms with Gasteiger partial charge in [-0.05, 0) is 50.0 Å². The van der Waals surface area contributed by atoms with E-state index in [1.165, 1.54) is 26.2 Å². The van der Waals surface area contributed by atoms with Gasteiger partial charge >= 0.3 is 0 Å². The fourth-order valence-corrected chi connectivity index (χ4v) is 3.86. The Morgan fingerprint density at radius 1 is 1.42 bits per heavy atom. The highest BCUT2D eigenvalue weighted by Gasteiger charge is 2.36. The summed E-state index contributed by atoms with van der Waals surface area (Å²) in [4.78, 5) is 14.8. The monoisotopic (exact) mass is 404 g/mol. The molecule has 1 fully saturated rings. The van der Waals surface area contributed by atoms with Crippen LogP contribution in [0.15, 0.2) is 29.2 Å². The number of nitrogens with two attached hydrogens (primary N) is 1. The molecular weight excluding hydrogens is 376 g/mol. The lowest BCUT2D eigenvalue weighted by molar-refractivity contribution is -0.120. The Balaban J connectivity index is 0.00000338. The van der Waals surface area contributed by atoms with Gasteiger partial charge in [0.1, 0.15) is 0 Å². The van der Waals surface area contributed by atoms with E-state index in [2.05, 4.69) is 17.1 Å². The smallest absolute Gasteiger partial charge is 0.242 e. The molecule has 0 saturated carbocycles. The third-order valence-electron chi connectivity index (χ3n) is 4.89. The topological polar surface area (TPSA) is 95.7 Å². The Hall–Kier alpha value is -1.19. The van der Waals surface area contributed by atoms with Crippen molar-refractivity contribution >= 4 is 34.0 Å². The van der Waals surface area contributed by atoms with Crippen LogP contribution in [0.5, 0.6) is 0 Å². The zero-order valence-electron chi connectivity index (χ0n) is 15.7. The SMILES string of the molecule is CC(C(=O)Nc1cccc(S(=O)(=O)N(C)C)c1)N1CCC(C)(CN)C1.Cl. The molecule has 0 aliphatic carbocycles. The fraction of sp³-hybridized carbons (Fsp3) is 0.588. The van der Waals surface area contributed by atoms with Crippen LogP contribution in [-0.4, -0.2) is 63.3 Å². The molecule has 26 heavy (non-hydrogen) atoms. The van der Waals surface area contributed by atoms with Gasteiger partial charge in [-0.25, -0.2) is 12.7 Å². The van der Waals surface area contributed by atoms with Crippen LogP contribution in [0.2, 0.25) is 0 Å². The standard InChI is InChI=1S/C17H28N4O3S.ClH/c1-13(21-9-8-17(2,11-18)12-21)16(22)19-14-6-5-7-15(10-14)25(23,24)20(3)4;/h5-7,10,13H,8-9,11-12,18H2,1-4H3,(H,19,22);1H. The molecule has 2 unspecified atom stereocenters. The number of benzene rings is 1. The van der Waals surface area contributed by atoms with Crippen LogP contribution in [0, 0.1) is 5.41 Å². The Bertz CT molecular complexity index is 741. The number of rotatable bonds is 6. The second-order valence-corrected chi connectivity index (χ2v) is 9.37. The molecule has 1 aromatic carbocycles. The van der Waals surface area contributed by atoms with Crippen LogP contribution in [-0.2, 0) is 14.8 Å². The summed E-state index contributed by atoms with van der Waals surface area (Å²) in [5.41, 5.74) is 6.35. The van der Waals surface area contributed by atoms with E-state index in [1.807, 2.05) is 6.92 Å². The summed E-state index contributed by atoms with van der Waals surface area (Å²) in [6.45, 7) is 6.21. The Morgan fingerprint density at radius 3 is 2.62 bits per heavy atom. The molecule has 0 aromatic heterocycles. The molecule has 1 aliphatic rings. The molecular formula is C17H29ClN4O3S. The summed E-state index contributed by atoms with van der Waals surface area (Å²) in [6.07, 6.45) is 0.970. The predicted octanol–water partition coefficient (Wildman–Crippen LogP) is 1.36. The van der Waals surface area contributed by atoms with Gasteiger partial charge in [-0.3, -0.25) is 9.69 Å². The summed E-state index contributed by atoms with van der Waals surface area (Å²) in [6, 6.07) is 6.00. The first-order valence-electron chi connectivity index (χ1n) is 8.37. The minimum atomic E-state index is -3.53. The number of hydrogen-bond acceptors (Lipinski definition) is 5. The molecule has 7 nitrogen and oxygen atoms in total. The van der Waals surface area contributed by atoms with Crippen molar-refractivity contribution in [3.8, 4) is 0 Å². The van der Waals surface area contributed by atoms with Crippen LogP contribution >= 0.6 is 12.4 Å². The molecule has 1 saturated heterocycles. The summed E-state index contributed by atoms with van der Waals surface area (Å²) in [5.74, 6) is -0.152. The molecule has 2 atom stereocenters. The number of halogens is 1. The second-order valence-electron chi connectivity index (χ2n) is 7.22. The van der Waals surface area contributed by atoms with E-state index in [4.69, 9.17) is 5.73 Å². The molecule has 1 aromatic rings. The van der Waals surface area contributed by atoms with Crippen molar-refractivity contribution < 1.29 is 13.2 Å². The maximum atomic E-state index is 12.5. The van der Waals surface area contributed by atoms with E-state index >= 15 is 0 Å². The van der Waals surface area contributed by atoms with Crippen molar-refractivity contribution in [3.05, 3.63) is 24.3 Å². The summed E-state index contributed by atoms with van der Waals surface area (Å²) in [7, 11) is -0.579. The van der Waals surface area contributed by atoms with Crippen LogP contribution in [0.1, 0.15) is 20.3 Å². The number of carbonyl (C=O) groups excluding carboxylic acids is 1. The molecule has 1 heterocycles. The van der Waals surface area contributed by atoms with Crippen molar-refractivity contribution in [2.24, 2.45) is 11.1 Å². The van der Waals surface area contributed by atoms with Gasteiger partial charge in [-0.1, -0.05) is 13.0 Å². The number of likely N-dealkylation sites (tertiary alicyclic amines) is 1. The van der Waals surface area contributed by atoms with Gasteiger partial charge in [0.25, 0.3) is 0 Å². The highest BCUT2D eigenvalue weighted by atomic mass is 35.5. The Kier molecular flexibility index (Phi) is 7.62. The van der Waals surface area contributed by atoms with Crippen molar-refractivity contribution in [2.75, 3.05) is 39.0 Å². The zero-order valence-corrected chi connectivity index (χ0v) is 17.4.